The summed E-state index contributed by atoms with van der Waals surface area (Å²) in [6, 6.07) is 10.2. The molecule has 23 heavy (non-hydrogen) atoms. The van der Waals surface area contributed by atoms with Crippen molar-refractivity contribution in [1.82, 2.24) is 15.1 Å². The van der Waals surface area contributed by atoms with Crippen LogP contribution in [0.5, 0.6) is 0 Å². The molecule has 4 rings (SSSR count). The third-order valence-corrected chi connectivity index (χ3v) is 5.35. The highest BCUT2D eigenvalue weighted by Crippen LogP contribution is 2.57. The SMILES string of the molecule is O=C(O)c1nn(-c2ccccc2)cc1CNC1CCCC12CC2. The lowest BCUT2D eigenvalue weighted by molar-refractivity contribution is 0.0688. The molecule has 5 nitrogen and oxygen atoms in total. The minimum absolute atomic E-state index is 0.143. The van der Waals surface area contributed by atoms with E-state index in [1.807, 2.05) is 36.5 Å². The van der Waals surface area contributed by atoms with Crippen LogP contribution in [-0.2, 0) is 6.54 Å². The first kappa shape index (κ1) is 14.5. The number of para-hydroxylation sites is 1. The molecular formula is C18H21N3O2. The van der Waals surface area contributed by atoms with Gasteiger partial charge in [-0.2, -0.15) is 5.10 Å². The summed E-state index contributed by atoms with van der Waals surface area (Å²) in [6.45, 7) is 0.570. The quantitative estimate of drug-likeness (QED) is 0.891. The summed E-state index contributed by atoms with van der Waals surface area (Å²) in [5, 5.41) is 17.3. The number of carbonyl (C=O) groups is 1. The third-order valence-electron chi connectivity index (χ3n) is 5.35. The average molecular weight is 311 g/mol. The second-order valence-corrected chi connectivity index (χ2v) is 6.78. The van der Waals surface area contributed by atoms with E-state index < -0.39 is 5.97 Å². The molecule has 0 radical (unpaired) electrons. The number of nitrogens with zero attached hydrogens (tertiary/aromatic N) is 2. The average Bonchev–Trinajstić information content (AvgIpc) is 3.04. The highest BCUT2D eigenvalue weighted by molar-refractivity contribution is 5.87. The Morgan fingerprint density at radius 1 is 1.30 bits per heavy atom. The van der Waals surface area contributed by atoms with Crippen LogP contribution in [0.1, 0.15) is 48.2 Å². The first-order chi connectivity index (χ1) is 11.2. The van der Waals surface area contributed by atoms with Crippen molar-refractivity contribution in [3.05, 3.63) is 47.8 Å². The molecule has 1 spiro atoms. The van der Waals surface area contributed by atoms with Crippen LogP contribution in [-0.4, -0.2) is 26.9 Å². The van der Waals surface area contributed by atoms with Gasteiger partial charge in [0.15, 0.2) is 5.69 Å². The zero-order valence-electron chi connectivity index (χ0n) is 13.0. The molecular weight excluding hydrogens is 290 g/mol. The van der Waals surface area contributed by atoms with Gasteiger partial charge in [0.1, 0.15) is 0 Å². The van der Waals surface area contributed by atoms with Gasteiger partial charge >= 0.3 is 5.97 Å². The van der Waals surface area contributed by atoms with Gasteiger partial charge in [-0.3, -0.25) is 0 Å². The van der Waals surface area contributed by atoms with Crippen LogP contribution in [0.25, 0.3) is 5.69 Å². The Bertz CT molecular complexity index is 719. The van der Waals surface area contributed by atoms with Crippen LogP contribution in [0, 0.1) is 5.41 Å². The second kappa shape index (κ2) is 5.49. The number of carboxylic acid groups (broad SMARTS) is 1. The summed E-state index contributed by atoms with van der Waals surface area (Å²) in [5.74, 6) is -0.968. The van der Waals surface area contributed by atoms with Crippen LogP contribution in [0.3, 0.4) is 0 Å². The molecule has 0 bridgehead atoms. The lowest BCUT2D eigenvalue weighted by Gasteiger charge is -2.19. The summed E-state index contributed by atoms with van der Waals surface area (Å²) in [6.07, 6.45) is 8.28. The first-order valence-electron chi connectivity index (χ1n) is 8.29. The molecule has 2 aromatic rings. The Labute approximate surface area is 135 Å². The topological polar surface area (TPSA) is 67.1 Å². The van der Waals surface area contributed by atoms with Gasteiger partial charge in [-0.15, -0.1) is 0 Å². The summed E-state index contributed by atoms with van der Waals surface area (Å²) in [5.41, 5.74) is 2.28. The van der Waals surface area contributed by atoms with Crippen LogP contribution in [0.15, 0.2) is 36.5 Å². The fraction of sp³-hybridized carbons (Fsp3) is 0.444. The lowest BCUT2D eigenvalue weighted by Crippen LogP contribution is -2.33. The van der Waals surface area contributed by atoms with Crippen molar-refractivity contribution in [1.29, 1.82) is 0 Å². The van der Waals surface area contributed by atoms with Crippen LogP contribution in [0.2, 0.25) is 0 Å². The fourth-order valence-corrected chi connectivity index (χ4v) is 3.88. The molecule has 1 heterocycles. The maximum atomic E-state index is 11.5. The Morgan fingerprint density at radius 3 is 2.78 bits per heavy atom. The number of benzene rings is 1. The van der Waals surface area contributed by atoms with Crippen molar-refractivity contribution in [2.75, 3.05) is 0 Å². The highest BCUT2D eigenvalue weighted by Gasteiger charge is 2.51. The maximum Gasteiger partial charge on any atom is 0.356 e. The van der Waals surface area contributed by atoms with Crippen molar-refractivity contribution in [3.8, 4) is 5.69 Å². The Morgan fingerprint density at radius 2 is 2.09 bits per heavy atom. The van der Waals surface area contributed by atoms with Gasteiger partial charge in [-0.25, -0.2) is 9.48 Å². The molecule has 1 aromatic heterocycles. The molecule has 5 heteroatoms. The summed E-state index contributed by atoms with van der Waals surface area (Å²) < 4.78 is 1.65. The molecule has 2 aliphatic carbocycles. The van der Waals surface area contributed by atoms with E-state index in [0.29, 0.717) is 18.0 Å². The highest BCUT2D eigenvalue weighted by atomic mass is 16.4. The zero-order valence-corrected chi connectivity index (χ0v) is 13.0. The van der Waals surface area contributed by atoms with Crippen molar-refractivity contribution in [2.45, 2.75) is 44.7 Å². The molecule has 1 unspecified atom stereocenters. The molecule has 0 aliphatic heterocycles. The lowest BCUT2D eigenvalue weighted by atomic mass is 10.0. The smallest absolute Gasteiger partial charge is 0.356 e. The van der Waals surface area contributed by atoms with Crippen LogP contribution in [0.4, 0.5) is 0 Å². The van der Waals surface area contributed by atoms with Crippen LogP contribution < -0.4 is 5.32 Å². The summed E-state index contributed by atoms with van der Waals surface area (Å²) in [4.78, 5) is 11.5. The molecule has 0 saturated heterocycles. The van der Waals surface area contributed by atoms with Gasteiger partial charge in [-0.1, -0.05) is 24.6 Å². The van der Waals surface area contributed by atoms with E-state index in [2.05, 4.69) is 10.4 Å². The molecule has 1 aromatic carbocycles. The predicted octanol–water partition coefficient (Wildman–Crippen LogP) is 2.99. The molecule has 2 fully saturated rings. The largest absolute Gasteiger partial charge is 0.476 e. The van der Waals surface area contributed by atoms with Gasteiger partial charge in [0.2, 0.25) is 0 Å². The number of nitrogens with one attached hydrogen (secondary N) is 1. The second-order valence-electron chi connectivity index (χ2n) is 6.78. The minimum atomic E-state index is -0.968. The minimum Gasteiger partial charge on any atom is -0.476 e. The van der Waals surface area contributed by atoms with E-state index in [9.17, 15) is 9.90 Å². The van der Waals surface area contributed by atoms with E-state index in [1.165, 1.54) is 32.1 Å². The van der Waals surface area contributed by atoms with Crippen molar-refractivity contribution < 1.29 is 9.90 Å². The van der Waals surface area contributed by atoms with Gasteiger partial charge < -0.3 is 10.4 Å². The molecule has 120 valence electrons. The number of hydrogen-bond acceptors (Lipinski definition) is 3. The number of aromatic nitrogens is 2. The van der Waals surface area contributed by atoms with Gasteiger partial charge in [0.05, 0.1) is 5.69 Å². The van der Waals surface area contributed by atoms with E-state index in [1.54, 1.807) is 4.68 Å². The number of aromatic carboxylic acids is 1. The number of rotatable bonds is 5. The van der Waals surface area contributed by atoms with Crippen molar-refractivity contribution in [3.63, 3.8) is 0 Å². The predicted molar refractivity (Wildman–Crippen MR) is 86.7 cm³/mol. The third kappa shape index (κ3) is 2.65. The van der Waals surface area contributed by atoms with E-state index in [4.69, 9.17) is 0 Å². The van der Waals surface area contributed by atoms with Crippen molar-refractivity contribution >= 4 is 5.97 Å². The van der Waals surface area contributed by atoms with Gasteiger partial charge in [-0.05, 0) is 43.2 Å². The maximum absolute atomic E-state index is 11.5. The van der Waals surface area contributed by atoms with E-state index >= 15 is 0 Å². The van der Waals surface area contributed by atoms with Gasteiger partial charge in [0.25, 0.3) is 0 Å². The zero-order chi connectivity index (χ0) is 15.9. The molecule has 2 N–H and O–H groups in total. The Kier molecular flexibility index (Phi) is 3.45. The van der Waals surface area contributed by atoms with E-state index in [-0.39, 0.29) is 5.69 Å². The van der Waals surface area contributed by atoms with Gasteiger partial charge in [0, 0.05) is 24.3 Å². The molecule has 2 saturated carbocycles. The summed E-state index contributed by atoms with van der Waals surface area (Å²) >= 11 is 0. The standard InChI is InChI=1S/C18H21N3O2/c22-17(23)16-13(11-19-15-7-4-8-18(15)9-10-18)12-21(20-16)14-5-2-1-3-6-14/h1-3,5-6,12,15,19H,4,7-11H2,(H,22,23). The molecule has 0 amide bonds. The molecule has 1 atom stereocenters. The van der Waals surface area contributed by atoms with Crippen LogP contribution >= 0.6 is 0 Å². The Balaban J connectivity index is 1.55. The number of hydrogen-bond donors (Lipinski definition) is 2. The fourth-order valence-electron chi connectivity index (χ4n) is 3.88. The normalized spacial score (nSPS) is 21.7. The first-order valence-corrected chi connectivity index (χ1v) is 8.29. The Hall–Kier alpha value is -2.14. The monoisotopic (exact) mass is 311 g/mol. The summed E-state index contributed by atoms with van der Waals surface area (Å²) in [7, 11) is 0. The van der Waals surface area contributed by atoms with E-state index in [0.717, 1.165) is 11.3 Å². The van der Waals surface area contributed by atoms with Crippen molar-refractivity contribution in [2.24, 2.45) is 5.41 Å². The number of carboxylic acids is 1. The molecule has 2 aliphatic rings.